The molecule has 0 aliphatic carbocycles. The van der Waals surface area contributed by atoms with Gasteiger partial charge in [-0.15, -0.1) is 0 Å². The third-order valence-electron chi connectivity index (χ3n) is 3.61. The first-order valence-corrected chi connectivity index (χ1v) is 7.99. The van der Waals surface area contributed by atoms with E-state index < -0.39 is 16.7 Å². The van der Waals surface area contributed by atoms with Gasteiger partial charge in [-0.3, -0.25) is 19.7 Å². The molecule has 0 saturated carbocycles. The van der Waals surface area contributed by atoms with E-state index in [0.717, 1.165) is 0 Å². The molecule has 0 radical (unpaired) electrons. The van der Waals surface area contributed by atoms with Crippen molar-refractivity contribution in [2.75, 3.05) is 13.7 Å². The lowest BCUT2D eigenvalue weighted by Gasteiger charge is -2.09. The van der Waals surface area contributed by atoms with Crippen molar-refractivity contribution in [3.8, 4) is 11.5 Å². The third kappa shape index (κ3) is 5.27. The molecule has 0 atom stereocenters. The van der Waals surface area contributed by atoms with Crippen molar-refractivity contribution in [2.45, 2.75) is 6.92 Å². The number of aryl methyl sites for hydroxylation is 1. The van der Waals surface area contributed by atoms with Crippen molar-refractivity contribution < 1.29 is 24.0 Å². The minimum atomic E-state index is -0.619. The molecule has 0 unspecified atom stereocenters. The predicted octanol–water partition coefficient (Wildman–Crippen LogP) is 1.54. The van der Waals surface area contributed by atoms with Gasteiger partial charge in [-0.05, 0) is 36.8 Å². The molecular formula is C18H18N4O6. The molecule has 0 bridgehead atoms. The van der Waals surface area contributed by atoms with E-state index in [4.69, 9.17) is 15.2 Å². The van der Waals surface area contributed by atoms with E-state index >= 15 is 0 Å². The van der Waals surface area contributed by atoms with Gasteiger partial charge < -0.3 is 15.2 Å². The molecule has 0 aromatic heterocycles. The Bertz CT molecular complexity index is 942. The van der Waals surface area contributed by atoms with Gasteiger partial charge in [0.2, 0.25) is 0 Å². The number of hydrazone groups is 1. The summed E-state index contributed by atoms with van der Waals surface area (Å²) in [6, 6.07) is 8.93. The Morgan fingerprint density at radius 3 is 2.64 bits per heavy atom. The minimum absolute atomic E-state index is 0.113. The average molecular weight is 386 g/mol. The van der Waals surface area contributed by atoms with Crippen molar-refractivity contribution in [3.05, 3.63) is 63.2 Å². The first-order valence-electron chi connectivity index (χ1n) is 7.99. The van der Waals surface area contributed by atoms with Gasteiger partial charge in [0.1, 0.15) is 0 Å². The fourth-order valence-corrected chi connectivity index (χ4v) is 2.21. The van der Waals surface area contributed by atoms with Gasteiger partial charge in [-0.1, -0.05) is 6.07 Å². The number of nitrogens with two attached hydrogens (primary N) is 1. The normalized spacial score (nSPS) is 10.5. The summed E-state index contributed by atoms with van der Waals surface area (Å²) in [5.41, 5.74) is 8.34. The van der Waals surface area contributed by atoms with Gasteiger partial charge in [-0.2, -0.15) is 5.10 Å². The lowest BCUT2D eigenvalue weighted by atomic mass is 10.1. The number of amides is 2. The van der Waals surface area contributed by atoms with Crippen LogP contribution in [-0.2, 0) is 4.79 Å². The second kappa shape index (κ2) is 9.12. The van der Waals surface area contributed by atoms with Gasteiger partial charge >= 0.3 is 0 Å². The number of nitro groups is 1. The average Bonchev–Trinajstić information content (AvgIpc) is 2.66. The molecule has 0 fully saturated rings. The van der Waals surface area contributed by atoms with E-state index in [0.29, 0.717) is 22.6 Å². The van der Waals surface area contributed by atoms with E-state index in [2.05, 4.69) is 10.5 Å². The van der Waals surface area contributed by atoms with Gasteiger partial charge in [0.05, 0.1) is 18.2 Å². The van der Waals surface area contributed by atoms with Crippen molar-refractivity contribution >= 4 is 23.7 Å². The molecule has 0 spiro atoms. The quantitative estimate of drug-likeness (QED) is 0.400. The largest absolute Gasteiger partial charge is 0.493 e. The second-order valence-corrected chi connectivity index (χ2v) is 5.62. The summed E-state index contributed by atoms with van der Waals surface area (Å²) in [6.45, 7) is 1.30. The number of rotatable bonds is 8. The van der Waals surface area contributed by atoms with Crippen LogP contribution in [-0.4, -0.2) is 36.7 Å². The van der Waals surface area contributed by atoms with Crippen molar-refractivity contribution in [3.63, 3.8) is 0 Å². The van der Waals surface area contributed by atoms with E-state index in [1.807, 2.05) is 0 Å². The minimum Gasteiger partial charge on any atom is -0.493 e. The number of primary amides is 1. The molecule has 10 nitrogen and oxygen atoms in total. The summed E-state index contributed by atoms with van der Waals surface area (Å²) in [5.74, 6) is -0.528. The lowest BCUT2D eigenvalue weighted by Crippen LogP contribution is -2.20. The molecule has 3 N–H and O–H groups in total. The maximum atomic E-state index is 12.1. The number of hydrogen-bond donors (Lipinski definition) is 2. The van der Waals surface area contributed by atoms with Crippen molar-refractivity contribution in [2.24, 2.45) is 10.8 Å². The standard InChI is InChI=1S/C18H18N4O6/c1-11-3-5-13(8-14(11)22(25)26)18(24)21-20-9-12-4-6-15(16(7-12)27-2)28-10-17(19)23/h3-9H,10H2,1-2H3,(H2,19,23)(H,21,24)/b20-9-. The molecule has 2 aromatic carbocycles. The number of nitro benzene ring substituents is 1. The van der Waals surface area contributed by atoms with Crippen LogP contribution < -0.4 is 20.6 Å². The van der Waals surface area contributed by atoms with Crippen LogP contribution in [0, 0.1) is 17.0 Å². The highest BCUT2D eigenvalue weighted by molar-refractivity contribution is 5.95. The third-order valence-corrected chi connectivity index (χ3v) is 3.61. The Morgan fingerprint density at radius 2 is 2.00 bits per heavy atom. The first-order chi connectivity index (χ1) is 13.3. The SMILES string of the molecule is COc1cc(/C=N\NC(=O)c2ccc(C)c([N+](=O)[O-])c2)ccc1OCC(N)=O. The Morgan fingerprint density at radius 1 is 1.25 bits per heavy atom. The van der Waals surface area contributed by atoms with Crippen LogP contribution >= 0.6 is 0 Å². The first kappa shape index (κ1) is 20.4. The van der Waals surface area contributed by atoms with Crippen LogP contribution in [0.3, 0.4) is 0 Å². The Hall–Kier alpha value is -3.95. The molecule has 0 aliphatic rings. The fraction of sp³-hybridized carbons (Fsp3) is 0.167. The summed E-state index contributed by atoms with van der Waals surface area (Å²) in [6.07, 6.45) is 1.36. The predicted molar refractivity (Wildman–Crippen MR) is 101 cm³/mol. The lowest BCUT2D eigenvalue weighted by molar-refractivity contribution is -0.385. The number of carbonyl (C=O) groups excluding carboxylic acids is 2. The smallest absolute Gasteiger partial charge is 0.273 e. The number of nitrogens with zero attached hydrogens (tertiary/aromatic N) is 2. The maximum Gasteiger partial charge on any atom is 0.273 e. The summed E-state index contributed by atoms with van der Waals surface area (Å²) in [4.78, 5) is 33.3. The second-order valence-electron chi connectivity index (χ2n) is 5.62. The van der Waals surface area contributed by atoms with E-state index in [1.165, 1.54) is 31.5 Å². The number of methoxy groups -OCH3 is 1. The zero-order chi connectivity index (χ0) is 20.7. The zero-order valence-electron chi connectivity index (χ0n) is 15.2. The molecule has 0 heterocycles. The van der Waals surface area contributed by atoms with Crippen molar-refractivity contribution in [1.29, 1.82) is 0 Å². The summed E-state index contributed by atoms with van der Waals surface area (Å²) in [7, 11) is 1.43. The molecule has 28 heavy (non-hydrogen) atoms. The Balaban J connectivity index is 2.08. The highest BCUT2D eigenvalue weighted by atomic mass is 16.6. The summed E-state index contributed by atoms with van der Waals surface area (Å²) in [5, 5.41) is 14.8. The van der Waals surface area contributed by atoms with E-state index in [1.54, 1.807) is 25.1 Å². The number of carbonyl (C=O) groups is 2. The zero-order valence-corrected chi connectivity index (χ0v) is 15.2. The molecule has 146 valence electrons. The van der Waals surface area contributed by atoms with Crippen LogP contribution in [0.1, 0.15) is 21.5 Å². The van der Waals surface area contributed by atoms with E-state index in [9.17, 15) is 19.7 Å². The van der Waals surface area contributed by atoms with Gasteiger partial charge in [-0.25, -0.2) is 5.43 Å². The Kier molecular flexibility index (Phi) is 6.63. The van der Waals surface area contributed by atoms with E-state index in [-0.39, 0.29) is 17.9 Å². The van der Waals surface area contributed by atoms with Crippen LogP contribution in [0.2, 0.25) is 0 Å². The fourth-order valence-electron chi connectivity index (χ4n) is 2.21. The number of hydrogen-bond acceptors (Lipinski definition) is 7. The van der Waals surface area contributed by atoms with Gasteiger partial charge in [0.15, 0.2) is 18.1 Å². The molecule has 0 saturated heterocycles. The number of benzene rings is 2. The summed E-state index contributed by atoms with van der Waals surface area (Å²) < 4.78 is 10.4. The molecule has 2 rings (SSSR count). The molecule has 10 heteroatoms. The van der Waals surface area contributed by atoms with Crippen LogP contribution in [0.4, 0.5) is 5.69 Å². The molecule has 0 aliphatic heterocycles. The van der Waals surface area contributed by atoms with Crippen LogP contribution in [0.5, 0.6) is 11.5 Å². The molecular weight excluding hydrogens is 368 g/mol. The highest BCUT2D eigenvalue weighted by Gasteiger charge is 2.14. The summed E-state index contributed by atoms with van der Waals surface area (Å²) >= 11 is 0. The number of ether oxygens (including phenoxy) is 2. The highest BCUT2D eigenvalue weighted by Crippen LogP contribution is 2.27. The van der Waals surface area contributed by atoms with Crippen LogP contribution in [0.15, 0.2) is 41.5 Å². The topological polar surface area (TPSA) is 146 Å². The van der Waals surface area contributed by atoms with Gasteiger partial charge in [0.25, 0.3) is 17.5 Å². The maximum absolute atomic E-state index is 12.1. The van der Waals surface area contributed by atoms with Crippen molar-refractivity contribution in [1.82, 2.24) is 5.43 Å². The molecule has 2 amide bonds. The van der Waals surface area contributed by atoms with Crippen LogP contribution in [0.25, 0.3) is 0 Å². The Labute approximate surface area is 160 Å². The van der Waals surface area contributed by atoms with Gasteiger partial charge in [0, 0.05) is 17.2 Å². The number of nitrogens with one attached hydrogen (secondary N) is 1. The monoisotopic (exact) mass is 386 g/mol. The molecule has 2 aromatic rings.